The minimum Gasteiger partial charge on any atom is -0.445 e. The molecule has 132 valence electrons. The zero-order valence-corrected chi connectivity index (χ0v) is 13.9. The van der Waals surface area contributed by atoms with Gasteiger partial charge in [-0.2, -0.15) is 0 Å². The Morgan fingerprint density at radius 2 is 1.88 bits per heavy atom. The molecule has 0 saturated heterocycles. The summed E-state index contributed by atoms with van der Waals surface area (Å²) < 4.78 is 14.3. The van der Waals surface area contributed by atoms with Gasteiger partial charge in [-0.05, 0) is 25.3 Å². The number of esters is 1. The van der Waals surface area contributed by atoms with E-state index in [1.165, 1.54) is 0 Å². The van der Waals surface area contributed by atoms with E-state index in [1.54, 1.807) is 6.92 Å². The largest absolute Gasteiger partial charge is 0.516 e. The summed E-state index contributed by atoms with van der Waals surface area (Å²) in [4.78, 5) is 34.1. The van der Waals surface area contributed by atoms with E-state index >= 15 is 0 Å². The minimum atomic E-state index is -0.996. The van der Waals surface area contributed by atoms with E-state index in [0.717, 1.165) is 5.56 Å². The molecule has 0 heterocycles. The van der Waals surface area contributed by atoms with Crippen LogP contribution in [0.2, 0.25) is 0 Å². The molecule has 1 aromatic carbocycles. The molecule has 1 rings (SSSR count). The van der Waals surface area contributed by atoms with E-state index in [9.17, 15) is 14.4 Å². The molecule has 0 fully saturated rings. The molecule has 0 aliphatic carbocycles. The summed E-state index contributed by atoms with van der Waals surface area (Å²) in [5, 5.41) is 2.52. The van der Waals surface area contributed by atoms with Crippen LogP contribution < -0.4 is 5.32 Å². The Hall–Kier alpha value is -2.57. The molecule has 1 N–H and O–H groups in total. The van der Waals surface area contributed by atoms with E-state index in [1.807, 2.05) is 37.3 Å². The highest BCUT2D eigenvalue weighted by atomic mass is 16.7. The summed E-state index contributed by atoms with van der Waals surface area (Å²) in [6.45, 7) is 3.97. The molecule has 7 nitrogen and oxygen atoms in total. The highest BCUT2D eigenvalue weighted by molar-refractivity contribution is 5.81. The third-order valence-electron chi connectivity index (χ3n) is 3.11. The van der Waals surface area contributed by atoms with Crippen LogP contribution in [-0.4, -0.2) is 30.9 Å². The number of hydrogen-bond donors (Lipinski definition) is 1. The van der Waals surface area contributed by atoms with Crippen molar-refractivity contribution >= 4 is 18.2 Å². The molecule has 24 heavy (non-hydrogen) atoms. The average Bonchev–Trinajstić information content (AvgIpc) is 2.57. The fourth-order valence-electron chi connectivity index (χ4n) is 1.61. The number of rotatable bonds is 8. The predicted octanol–water partition coefficient (Wildman–Crippen LogP) is 3.17. The molecule has 1 aromatic rings. The summed E-state index contributed by atoms with van der Waals surface area (Å²) in [7, 11) is 0. The first-order valence-electron chi connectivity index (χ1n) is 7.87. The van der Waals surface area contributed by atoms with Crippen LogP contribution in [0, 0.1) is 0 Å². The Bertz CT molecular complexity index is 531. The summed E-state index contributed by atoms with van der Waals surface area (Å²) in [6.07, 6.45) is -0.901. The van der Waals surface area contributed by atoms with Gasteiger partial charge in [0.15, 0.2) is 0 Å². The highest BCUT2D eigenvalue weighted by Gasteiger charge is 2.14. The van der Waals surface area contributed by atoms with Gasteiger partial charge in [0.05, 0.1) is 0 Å². The summed E-state index contributed by atoms with van der Waals surface area (Å²) in [5.41, 5.74) is 0.885. The number of alkyl carbamates (subject to hydrolysis) is 1. The normalized spacial score (nSPS) is 11.2. The first-order valence-corrected chi connectivity index (χ1v) is 7.87. The van der Waals surface area contributed by atoms with Gasteiger partial charge in [-0.25, -0.2) is 9.59 Å². The van der Waals surface area contributed by atoms with E-state index < -0.39 is 18.2 Å². The standard InChI is InChI=1S/C17H23NO6/c1-3-13(2)23-17(21)24-15(19)10-7-11-18-16(20)22-12-14-8-5-4-6-9-14/h4-6,8-9,13H,3,7,10-12H2,1-2H3,(H,18,20). The van der Waals surface area contributed by atoms with Gasteiger partial charge in [-0.1, -0.05) is 37.3 Å². The van der Waals surface area contributed by atoms with Gasteiger partial charge < -0.3 is 19.5 Å². The molecule has 7 heteroatoms. The van der Waals surface area contributed by atoms with Gasteiger partial charge in [0, 0.05) is 13.0 Å². The lowest BCUT2D eigenvalue weighted by molar-refractivity contribution is -0.140. The molecular weight excluding hydrogens is 314 g/mol. The lowest BCUT2D eigenvalue weighted by atomic mass is 10.2. The maximum atomic E-state index is 11.5. The van der Waals surface area contributed by atoms with Crippen molar-refractivity contribution in [3.63, 3.8) is 0 Å². The zero-order chi connectivity index (χ0) is 17.8. The number of amides is 1. The second-order valence-electron chi connectivity index (χ2n) is 5.15. The molecular formula is C17H23NO6. The number of benzene rings is 1. The highest BCUT2D eigenvalue weighted by Crippen LogP contribution is 2.02. The van der Waals surface area contributed by atoms with Crippen molar-refractivity contribution in [2.75, 3.05) is 6.54 Å². The lowest BCUT2D eigenvalue weighted by Gasteiger charge is -2.10. The Morgan fingerprint density at radius 3 is 2.54 bits per heavy atom. The second-order valence-corrected chi connectivity index (χ2v) is 5.15. The molecule has 1 atom stereocenters. The fraction of sp³-hybridized carbons (Fsp3) is 0.471. The van der Waals surface area contributed by atoms with Crippen LogP contribution in [0.5, 0.6) is 0 Å². The van der Waals surface area contributed by atoms with Crippen molar-refractivity contribution in [3.05, 3.63) is 35.9 Å². The van der Waals surface area contributed by atoms with E-state index in [-0.39, 0.29) is 25.7 Å². The van der Waals surface area contributed by atoms with Crippen molar-refractivity contribution < 1.29 is 28.6 Å². The summed E-state index contributed by atoms with van der Waals surface area (Å²) in [6, 6.07) is 9.29. The molecule has 1 unspecified atom stereocenters. The van der Waals surface area contributed by atoms with Gasteiger partial charge in [0.25, 0.3) is 0 Å². The predicted molar refractivity (Wildman–Crippen MR) is 86.2 cm³/mol. The van der Waals surface area contributed by atoms with Gasteiger partial charge in [0.2, 0.25) is 0 Å². The fourth-order valence-corrected chi connectivity index (χ4v) is 1.61. The third-order valence-corrected chi connectivity index (χ3v) is 3.11. The third kappa shape index (κ3) is 8.77. The number of carbonyl (C=O) groups is 3. The minimum absolute atomic E-state index is 0.00539. The quantitative estimate of drug-likeness (QED) is 0.445. The maximum absolute atomic E-state index is 11.5. The number of nitrogens with one attached hydrogen (secondary N) is 1. The molecule has 0 aliphatic heterocycles. The Labute approximate surface area is 141 Å². The monoisotopic (exact) mass is 337 g/mol. The van der Waals surface area contributed by atoms with Gasteiger partial charge >= 0.3 is 18.2 Å². The zero-order valence-electron chi connectivity index (χ0n) is 13.9. The molecule has 0 spiro atoms. The van der Waals surface area contributed by atoms with Crippen molar-refractivity contribution in [1.82, 2.24) is 5.32 Å². The van der Waals surface area contributed by atoms with E-state index in [0.29, 0.717) is 12.8 Å². The van der Waals surface area contributed by atoms with Gasteiger partial charge in [0.1, 0.15) is 12.7 Å². The number of hydrogen-bond acceptors (Lipinski definition) is 6. The van der Waals surface area contributed by atoms with Crippen LogP contribution >= 0.6 is 0 Å². The van der Waals surface area contributed by atoms with Crippen molar-refractivity contribution in [2.24, 2.45) is 0 Å². The van der Waals surface area contributed by atoms with Crippen LogP contribution in [0.1, 0.15) is 38.7 Å². The average molecular weight is 337 g/mol. The smallest absolute Gasteiger partial charge is 0.445 e. The summed E-state index contributed by atoms with van der Waals surface area (Å²) >= 11 is 0. The van der Waals surface area contributed by atoms with Crippen LogP contribution in [0.25, 0.3) is 0 Å². The Kier molecular flexibility index (Phi) is 8.96. The molecule has 0 aromatic heterocycles. The molecule has 1 amide bonds. The topological polar surface area (TPSA) is 90.9 Å². The van der Waals surface area contributed by atoms with E-state index in [2.05, 4.69) is 10.1 Å². The number of carbonyl (C=O) groups excluding carboxylic acids is 3. The van der Waals surface area contributed by atoms with Crippen LogP contribution in [0.15, 0.2) is 30.3 Å². The SMILES string of the molecule is CCC(C)OC(=O)OC(=O)CCCNC(=O)OCc1ccccc1. The number of ether oxygens (including phenoxy) is 3. The van der Waals surface area contributed by atoms with E-state index in [4.69, 9.17) is 9.47 Å². The maximum Gasteiger partial charge on any atom is 0.516 e. The van der Waals surface area contributed by atoms with Crippen LogP contribution in [0.4, 0.5) is 9.59 Å². The Morgan fingerprint density at radius 1 is 1.17 bits per heavy atom. The molecule has 0 saturated carbocycles. The second kappa shape index (κ2) is 11.0. The Balaban J connectivity index is 2.09. The van der Waals surface area contributed by atoms with Crippen molar-refractivity contribution in [2.45, 2.75) is 45.8 Å². The first kappa shape index (κ1) is 19.5. The molecule has 0 radical (unpaired) electrons. The molecule has 0 bridgehead atoms. The molecule has 0 aliphatic rings. The van der Waals surface area contributed by atoms with Gasteiger partial charge in [-0.3, -0.25) is 4.79 Å². The van der Waals surface area contributed by atoms with Crippen molar-refractivity contribution in [1.29, 1.82) is 0 Å². The van der Waals surface area contributed by atoms with Crippen LogP contribution in [0.3, 0.4) is 0 Å². The summed E-state index contributed by atoms with van der Waals surface area (Å²) in [5.74, 6) is -0.692. The lowest BCUT2D eigenvalue weighted by Crippen LogP contribution is -2.26. The van der Waals surface area contributed by atoms with Crippen LogP contribution in [-0.2, 0) is 25.6 Å². The first-order chi connectivity index (χ1) is 11.5. The van der Waals surface area contributed by atoms with Gasteiger partial charge in [-0.15, -0.1) is 0 Å². The van der Waals surface area contributed by atoms with Crippen molar-refractivity contribution in [3.8, 4) is 0 Å².